The first kappa shape index (κ1) is 48.8. The molecule has 0 spiro atoms. The van der Waals surface area contributed by atoms with E-state index in [-0.39, 0.29) is 29.4 Å². The van der Waals surface area contributed by atoms with Gasteiger partial charge in [0.2, 0.25) is 17.6 Å². The van der Waals surface area contributed by atoms with Gasteiger partial charge in [0.05, 0.1) is 5.33 Å². The fourth-order valence-corrected chi connectivity index (χ4v) is 9.26. The molecule has 0 bridgehead atoms. The van der Waals surface area contributed by atoms with E-state index in [4.69, 9.17) is 8.83 Å². The summed E-state index contributed by atoms with van der Waals surface area (Å²) in [6, 6.07) is 60.2. The zero-order chi connectivity index (χ0) is 47.8. The number of piperazine rings is 2. The standard InChI is InChI=1S/C29H30N2O3.C19H22N2O.C10H7BrO2/c32-26(28-19-24-13-7-8-14-27(24)34-28)21-30-15-17-31(18-16-30)29(33)20-25(22-9-3-1-4-10-22)23-11-5-2-6-12-23;22-19(21-13-11-20-12-14-21)15-18(16-7-3-1-4-8-16)17-9-5-2-6-10-17;11-6-8(12)10-5-7-3-1-2-4-9(7)13-10/h1-14,19,25-26,32H,15-18,20-21H2;1-10,18,20H,11-15H2;1-5H,6H2. The number of carbonyl (C=O) groups excluding carboxylic acids is 3. The Morgan fingerprint density at radius 2 is 0.928 bits per heavy atom. The number of furan rings is 2. The lowest BCUT2D eigenvalue weighted by Gasteiger charge is -2.36. The number of nitrogens with one attached hydrogen (secondary N) is 1. The van der Waals surface area contributed by atoms with Gasteiger partial charge < -0.3 is 29.1 Å². The van der Waals surface area contributed by atoms with Gasteiger partial charge in [-0.05, 0) is 46.5 Å². The van der Waals surface area contributed by atoms with Crippen molar-refractivity contribution in [2.75, 3.05) is 64.2 Å². The van der Waals surface area contributed by atoms with Crippen LogP contribution in [0.1, 0.15) is 69.4 Å². The highest BCUT2D eigenvalue weighted by molar-refractivity contribution is 9.09. The minimum absolute atomic E-state index is 0.0313. The summed E-state index contributed by atoms with van der Waals surface area (Å²) in [5.74, 6) is 1.57. The predicted molar refractivity (Wildman–Crippen MR) is 277 cm³/mol. The van der Waals surface area contributed by atoms with Crippen LogP contribution >= 0.6 is 15.9 Å². The van der Waals surface area contributed by atoms with Gasteiger partial charge in [0.25, 0.3) is 0 Å². The fourth-order valence-electron chi connectivity index (χ4n) is 8.99. The Labute approximate surface area is 412 Å². The number of Topliss-reactive ketones (excluding diaryl/α,β-unsaturated/α-hetero) is 1. The van der Waals surface area contributed by atoms with Gasteiger partial charge in [-0.25, -0.2) is 0 Å². The third-order valence-corrected chi connectivity index (χ3v) is 13.3. The van der Waals surface area contributed by atoms with Gasteiger partial charge in [0.15, 0.2) is 5.76 Å². The van der Waals surface area contributed by atoms with Crippen LogP contribution in [-0.4, -0.2) is 102 Å². The van der Waals surface area contributed by atoms with Crippen LogP contribution in [0.4, 0.5) is 0 Å². The number of hydrogen-bond acceptors (Lipinski definition) is 8. The molecule has 1 unspecified atom stereocenters. The van der Waals surface area contributed by atoms with Crippen LogP contribution in [0.2, 0.25) is 0 Å². The Morgan fingerprint density at radius 1 is 0.522 bits per heavy atom. The third kappa shape index (κ3) is 13.3. The molecular weight excluding hydrogens is 929 g/mol. The number of alkyl halides is 1. The first-order valence-electron chi connectivity index (χ1n) is 23.8. The number of nitrogens with zero attached hydrogens (tertiary/aromatic N) is 3. The quantitative estimate of drug-likeness (QED) is 0.0866. The van der Waals surface area contributed by atoms with Crippen molar-refractivity contribution in [3.05, 3.63) is 216 Å². The monoisotopic (exact) mass is 986 g/mol. The molecule has 2 N–H and O–H groups in total. The second-order valence-electron chi connectivity index (χ2n) is 17.4. The first-order valence-corrected chi connectivity index (χ1v) is 24.9. The SMILES string of the molecule is O=C(CBr)c1cc2ccccc2o1.O=C(CC(c1ccccc1)c1ccccc1)N1CCN(CC(O)c2cc3ccccc3o2)CC1.O=C(CC(c1ccccc1)c1ccccc1)N1CCNCC1. The number of β-amino-alcohol motifs (C(OH)–C–C–N with tert-alkyl or cyclic N) is 1. The summed E-state index contributed by atoms with van der Waals surface area (Å²) in [5, 5.41) is 16.3. The summed E-state index contributed by atoms with van der Waals surface area (Å²) in [6.07, 6.45) is 0.305. The average Bonchev–Trinajstić information content (AvgIpc) is 4.07. The number of halogens is 1. The second kappa shape index (κ2) is 24.6. The molecule has 2 saturated heterocycles. The van der Waals surface area contributed by atoms with E-state index in [9.17, 15) is 19.5 Å². The zero-order valence-electron chi connectivity index (χ0n) is 38.7. The van der Waals surface area contributed by atoms with E-state index < -0.39 is 6.10 Å². The summed E-state index contributed by atoms with van der Waals surface area (Å²) < 4.78 is 11.2. The Hall–Kier alpha value is -6.63. The molecule has 10 rings (SSSR count). The summed E-state index contributed by atoms with van der Waals surface area (Å²) >= 11 is 3.10. The molecule has 0 saturated carbocycles. The maximum absolute atomic E-state index is 13.2. The van der Waals surface area contributed by atoms with Crippen molar-refractivity contribution in [3.63, 3.8) is 0 Å². The Kier molecular flexibility index (Phi) is 17.4. The molecule has 354 valence electrons. The van der Waals surface area contributed by atoms with Crippen LogP contribution in [0.5, 0.6) is 0 Å². The van der Waals surface area contributed by atoms with Crippen molar-refractivity contribution in [1.29, 1.82) is 0 Å². The number of ketones is 1. The molecule has 10 nitrogen and oxygen atoms in total. The first-order chi connectivity index (χ1) is 33.8. The number of fused-ring (bicyclic) bond motifs is 2. The van der Waals surface area contributed by atoms with Crippen molar-refractivity contribution in [2.45, 2.75) is 30.8 Å². The Morgan fingerprint density at radius 3 is 1.36 bits per heavy atom. The lowest BCUT2D eigenvalue weighted by Crippen LogP contribution is -2.49. The molecule has 2 amide bonds. The van der Waals surface area contributed by atoms with Crippen LogP contribution in [0.25, 0.3) is 21.9 Å². The highest BCUT2D eigenvalue weighted by atomic mass is 79.9. The predicted octanol–water partition coefficient (Wildman–Crippen LogP) is 10.5. The van der Waals surface area contributed by atoms with Crippen molar-refractivity contribution >= 4 is 55.5 Å². The second-order valence-corrected chi connectivity index (χ2v) is 17.9. The molecule has 2 fully saturated rings. The molecule has 1 atom stereocenters. The van der Waals surface area contributed by atoms with Crippen LogP contribution in [0.15, 0.2) is 191 Å². The summed E-state index contributed by atoms with van der Waals surface area (Å²) in [6.45, 7) is 6.74. The minimum Gasteiger partial charge on any atom is -0.458 e. The van der Waals surface area contributed by atoms with E-state index in [0.717, 1.165) is 72.3 Å². The lowest BCUT2D eigenvalue weighted by atomic mass is 9.88. The molecule has 11 heteroatoms. The van der Waals surface area contributed by atoms with E-state index in [0.29, 0.717) is 49.3 Å². The minimum atomic E-state index is -0.685. The maximum atomic E-state index is 13.2. The molecule has 2 aromatic heterocycles. The number of aliphatic hydroxyl groups is 1. The largest absolute Gasteiger partial charge is 0.458 e. The van der Waals surface area contributed by atoms with Crippen molar-refractivity contribution in [3.8, 4) is 0 Å². The van der Waals surface area contributed by atoms with E-state index in [1.165, 1.54) is 11.1 Å². The van der Waals surface area contributed by atoms with Crippen LogP contribution < -0.4 is 5.32 Å². The Balaban J connectivity index is 0.000000156. The summed E-state index contributed by atoms with van der Waals surface area (Å²) in [4.78, 5) is 43.3. The molecule has 8 aromatic rings. The van der Waals surface area contributed by atoms with Gasteiger partial charge in [0.1, 0.15) is 23.0 Å². The lowest BCUT2D eigenvalue weighted by molar-refractivity contribution is -0.133. The molecule has 6 aromatic carbocycles. The van der Waals surface area contributed by atoms with Crippen molar-refractivity contribution in [1.82, 2.24) is 20.0 Å². The van der Waals surface area contributed by atoms with Gasteiger partial charge in [-0.15, -0.1) is 0 Å². The highest BCUT2D eigenvalue weighted by Crippen LogP contribution is 2.31. The fraction of sp³-hybridized carbons (Fsp3) is 0.259. The molecule has 4 heterocycles. The van der Waals surface area contributed by atoms with Crippen molar-refractivity contribution < 1.29 is 28.3 Å². The third-order valence-electron chi connectivity index (χ3n) is 12.8. The highest BCUT2D eigenvalue weighted by Gasteiger charge is 2.27. The number of rotatable bonds is 13. The van der Waals surface area contributed by atoms with Gasteiger partial charge in [-0.3, -0.25) is 19.3 Å². The van der Waals surface area contributed by atoms with E-state index in [1.54, 1.807) is 6.07 Å². The normalized spacial score (nSPS) is 14.5. The van der Waals surface area contributed by atoms with E-state index >= 15 is 0 Å². The number of aliphatic hydroxyl groups excluding tert-OH is 1. The number of para-hydroxylation sites is 2. The molecule has 0 aliphatic carbocycles. The molecular formula is C58H59BrN4O6. The topological polar surface area (TPSA) is 119 Å². The Bertz CT molecular complexity index is 2700. The molecule has 69 heavy (non-hydrogen) atoms. The summed E-state index contributed by atoms with van der Waals surface area (Å²) in [7, 11) is 0. The summed E-state index contributed by atoms with van der Waals surface area (Å²) in [5.41, 5.74) is 6.28. The smallest absolute Gasteiger partial charge is 0.223 e. The van der Waals surface area contributed by atoms with E-state index in [2.05, 4.69) is 74.7 Å². The van der Waals surface area contributed by atoms with Gasteiger partial charge in [0, 0.05) is 94.4 Å². The number of carbonyl (C=O) groups is 3. The van der Waals surface area contributed by atoms with Gasteiger partial charge in [-0.2, -0.15) is 0 Å². The van der Waals surface area contributed by atoms with E-state index in [1.807, 2.05) is 137 Å². The van der Waals surface area contributed by atoms with Crippen LogP contribution in [0, 0.1) is 0 Å². The molecule has 2 aliphatic heterocycles. The van der Waals surface area contributed by atoms with Gasteiger partial charge >= 0.3 is 0 Å². The average molecular weight is 988 g/mol. The molecule has 0 radical (unpaired) electrons. The van der Waals surface area contributed by atoms with Crippen LogP contribution in [-0.2, 0) is 9.59 Å². The zero-order valence-corrected chi connectivity index (χ0v) is 40.3. The molecule has 2 aliphatic rings. The maximum Gasteiger partial charge on any atom is 0.223 e. The number of amides is 2. The van der Waals surface area contributed by atoms with Crippen LogP contribution in [0.3, 0.4) is 0 Å². The number of benzene rings is 6. The van der Waals surface area contributed by atoms with Gasteiger partial charge in [-0.1, -0.05) is 174 Å². The van der Waals surface area contributed by atoms with Crippen molar-refractivity contribution in [2.24, 2.45) is 0 Å². The number of hydrogen-bond donors (Lipinski definition) is 2.